The topological polar surface area (TPSA) is 77.2 Å². The molecule has 0 spiro atoms. The van der Waals surface area contributed by atoms with E-state index in [1.54, 1.807) is 30.3 Å². The first-order valence-corrected chi connectivity index (χ1v) is 8.92. The van der Waals surface area contributed by atoms with Gasteiger partial charge in [0.1, 0.15) is 10.8 Å². The van der Waals surface area contributed by atoms with Crippen molar-refractivity contribution in [1.29, 1.82) is 0 Å². The average Bonchev–Trinajstić information content (AvgIpc) is 3.08. The van der Waals surface area contributed by atoms with Gasteiger partial charge in [0, 0.05) is 17.8 Å². The van der Waals surface area contributed by atoms with Gasteiger partial charge in [-0.2, -0.15) is 0 Å². The Morgan fingerprint density at radius 3 is 2.72 bits per heavy atom. The van der Waals surface area contributed by atoms with Crippen LogP contribution in [0.3, 0.4) is 0 Å². The third-order valence-corrected chi connectivity index (χ3v) is 4.89. The van der Waals surface area contributed by atoms with E-state index < -0.39 is 0 Å². The molecule has 132 valence electrons. The zero-order chi connectivity index (χ0) is 17.8. The third-order valence-electron chi connectivity index (χ3n) is 4.41. The Hall–Kier alpha value is -1.82. The number of benzene rings is 1. The standard InChI is InChI=1S/C18H19Cl2N3O2/c19-12-8-16(20)18(22-10-12)25-14-6-4-13(5-7-14)23-17(24)15-3-1-2-11(15)9-21/h4-8,10-11,15H,1-3,9,21H2,(H,23,24)/t11-,15-/m1/s1. The number of nitrogens with zero attached hydrogens (tertiary/aromatic N) is 1. The highest BCUT2D eigenvalue weighted by Gasteiger charge is 2.31. The normalized spacial score (nSPS) is 19.6. The van der Waals surface area contributed by atoms with Crippen molar-refractivity contribution in [3.8, 4) is 11.6 Å². The van der Waals surface area contributed by atoms with E-state index in [1.807, 2.05) is 0 Å². The Labute approximate surface area is 156 Å². The number of pyridine rings is 1. The van der Waals surface area contributed by atoms with Crippen LogP contribution in [0, 0.1) is 11.8 Å². The Kier molecular flexibility index (Phi) is 5.78. The number of anilines is 1. The van der Waals surface area contributed by atoms with Crippen LogP contribution >= 0.6 is 23.2 Å². The zero-order valence-electron chi connectivity index (χ0n) is 13.5. The number of carbonyl (C=O) groups is 1. The summed E-state index contributed by atoms with van der Waals surface area (Å²) in [6.07, 6.45) is 4.44. The molecular weight excluding hydrogens is 361 g/mol. The quantitative estimate of drug-likeness (QED) is 0.801. The number of rotatable bonds is 5. The third kappa shape index (κ3) is 4.42. The van der Waals surface area contributed by atoms with Gasteiger partial charge in [-0.25, -0.2) is 4.98 Å². The molecule has 0 radical (unpaired) electrons. The molecule has 3 rings (SSSR count). The molecule has 1 aliphatic rings. The molecule has 1 saturated carbocycles. The number of nitrogens with two attached hydrogens (primary N) is 1. The van der Waals surface area contributed by atoms with E-state index in [9.17, 15) is 4.79 Å². The second kappa shape index (κ2) is 8.04. The first-order valence-electron chi connectivity index (χ1n) is 8.16. The number of amides is 1. The summed E-state index contributed by atoms with van der Waals surface area (Å²) in [4.78, 5) is 16.4. The zero-order valence-corrected chi connectivity index (χ0v) is 15.1. The van der Waals surface area contributed by atoms with Crippen molar-refractivity contribution in [2.24, 2.45) is 17.6 Å². The van der Waals surface area contributed by atoms with Crippen molar-refractivity contribution < 1.29 is 9.53 Å². The Morgan fingerprint density at radius 2 is 2.04 bits per heavy atom. The molecule has 1 fully saturated rings. The second-order valence-electron chi connectivity index (χ2n) is 6.09. The van der Waals surface area contributed by atoms with Gasteiger partial charge >= 0.3 is 0 Å². The highest BCUT2D eigenvalue weighted by molar-refractivity contribution is 6.35. The maximum absolute atomic E-state index is 12.4. The summed E-state index contributed by atoms with van der Waals surface area (Å²) in [6.45, 7) is 0.555. The number of hydrogen-bond donors (Lipinski definition) is 2. The molecule has 2 atom stereocenters. The molecule has 1 aliphatic carbocycles. The number of ether oxygens (including phenoxy) is 1. The first-order chi connectivity index (χ1) is 12.1. The van der Waals surface area contributed by atoms with Gasteiger partial charge in [0.25, 0.3) is 0 Å². The smallest absolute Gasteiger partial charge is 0.238 e. The van der Waals surface area contributed by atoms with Crippen molar-refractivity contribution >= 4 is 34.8 Å². The molecule has 0 bridgehead atoms. The summed E-state index contributed by atoms with van der Waals surface area (Å²) in [5.74, 6) is 1.15. The number of carbonyl (C=O) groups excluding carboxylic acids is 1. The fraction of sp³-hybridized carbons (Fsp3) is 0.333. The van der Waals surface area contributed by atoms with E-state index in [2.05, 4.69) is 10.3 Å². The van der Waals surface area contributed by atoms with Crippen molar-refractivity contribution in [3.05, 3.63) is 46.6 Å². The Morgan fingerprint density at radius 1 is 1.28 bits per heavy atom. The second-order valence-corrected chi connectivity index (χ2v) is 6.93. The van der Waals surface area contributed by atoms with Crippen LogP contribution in [0.5, 0.6) is 11.6 Å². The van der Waals surface area contributed by atoms with E-state index in [4.69, 9.17) is 33.7 Å². The van der Waals surface area contributed by atoms with E-state index in [0.29, 0.717) is 22.3 Å². The molecule has 0 unspecified atom stereocenters. The van der Waals surface area contributed by atoms with E-state index in [1.165, 1.54) is 6.20 Å². The summed E-state index contributed by atoms with van der Waals surface area (Å²) in [5, 5.41) is 3.72. The van der Waals surface area contributed by atoms with E-state index in [-0.39, 0.29) is 23.6 Å². The lowest BCUT2D eigenvalue weighted by Crippen LogP contribution is -2.29. The lowest BCUT2D eigenvalue weighted by molar-refractivity contribution is -0.120. The predicted molar refractivity (Wildman–Crippen MR) is 99.3 cm³/mol. The number of nitrogens with one attached hydrogen (secondary N) is 1. The van der Waals surface area contributed by atoms with Crippen LogP contribution in [0.1, 0.15) is 19.3 Å². The molecular formula is C18H19Cl2N3O2. The fourth-order valence-corrected chi connectivity index (χ4v) is 3.51. The van der Waals surface area contributed by atoms with Crippen LogP contribution in [0.25, 0.3) is 0 Å². The molecule has 0 aliphatic heterocycles. The molecule has 7 heteroatoms. The molecule has 25 heavy (non-hydrogen) atoms. The minimum absolute atomic E-state index is 0.00185. The van der Waals surface area contributed by atoms with Crippen LogP contribution in [0.2, 0.25) is 10.0 Å². The Bertz CT molecular complexity index is 752. The number of hydrogen-bond acceptors (Lipinski definition) is 4. The highest BCUT2D eigenvalue weighted by atomic mass is 35.5. The summed E-state index contributed by atoms with van der Waals surface area (Å²) in [5.41, 5.74) is 6.47. The SMILES string of the molecule is NC[C@H]1CCC[C@H]1C(=O)Nc1ccc(Oc2ncc(Cl)cc2Cl)cc1. The van der Waals surface area contributed by atoms with E-state index in [0.717, 1.165) is 24.9 Å². The molecule has 0 saturated heterocycles. The Balaban J connectivity index is 1.63. The van der Waals surface area contributed by atoms with Gasteiger partial charge in [0.2, 0.25) is 11.8 Å². The fourth-order valence-electron chi connectivity index (χ4n) is 3.09. The maximum atomic E-state index is 12.4. The van der Waals surface area contributed by atoms with Gasteiger partial charge in [0.05, 0.1) is 5.02 Å². The van der Waals surface area contributed by atoms with Gasteiger partial charge in [0.15, 0.2) is 0 Å². The minimum Gasteiger partial charge on any atom is -0.438 e. The molecule has 2 aromatic rings. The maximum Gasteiger partial charge on any atom is 0.238 e. The van der Waals surface area contributed by atoms with Crippen LogP contribution in [0.15, 0.2) is 36.5 Å². The summed E-state index contributed by atoms with van der Waals surface area (Å²) in [6, 6.07) is 8.62. The largest absolute Gasteiger partial charge is 0.438 e. The van der Waals surface area contributed by atoms with Crippen molar-refractivity contribution in [1.82, 2.24) is 4.98 Å². The van der Waals surface area contributed by atoms with Crippen LogP contribution < -0.4 is 15.8 Å². The van der Waals surface area contributed by atoms with Gasteiger partial charge in [-0.15, -0.1) is 0 Å². The molecule has 1 aromatic carbocycles. The van der Waals surface area contributed by atoms with Crippen LogP contribution in [-0.2, 0) is 4.79 Å². The van der Waals surface area contributed by atoms with Crippen molar-refractivity contribution in [2.75, 3.05) is 11.9 Å². The van der Waals surface area contributed by atoms with Crippen LogP contribution in [-0.4, -0.2) is 17.4 Å². The van der Waals surface area contributed by atoms with E-state index >= 15 is 0 Å². The molecule has 1 aromatic heterocycles. The number of aromatic nitrogens is 1. The molecule has 1 amide bonds. The predicted octanol–water partition coefficient (Wildman–Crippen LogP) is 4.49. The van der Waals surface area contributed by atoms with Gasteiger partial charge in [-0.05, 0) is 55.6 Å². The lowest BCUT2D eigenvalue weighted by atomic mass is 9.95. The summed E-state index contributed by atoms with van der Waals surface area (Å²) >= 11 is 11.9. The monoisotopic (exact) mass is 379 g/mol. The van der Waals surface area contributed by atoms with Gasteiger partial charge in [-0.3, -0.25) is 4.79 Å². The molecule has 3 N–H and O–H groups in total. The van der Waals surface area contributed by atoms with Crippen molar-refractivity contribution in [3.63, 3.8) is 0 Å². The molecule has 1 heterocycles. The minimum atomic E-state index is -0.00185. The lowest BCUT2D eigenvalue weighted by Gasteiger charge is -2.17. The number of halogens is 2. The first kappa shape index (κ1) is 18.0. The molecule has 5 nitrogen and oxygen atoms in total. The highest BCUT2D eigenvalue weighted by Crippen LogP contribution is 2.32. The summed E-state index contributed by atoms with van der Waals surface area (Å²) < 4.78 is 5.63. The van der Waals surface area contributed by atoms with Gasteiger partial charge < -0.3 is 15.8 Å². The van der Waals surface area contributed by atoms with Crippen LogP contribution in [0.4, 0.5) is 5.69 Å². The van der Waals surface area contributed by atoms with Crippen molar-refractivity contribution in [2.45, 2.75) is 19.3 Å². The van der Waals surface area contributed by atoms with Gasteiger partial charge in [-0.1, -0.05) is 29.6 Å². The summed E-state index contributed by atoms with van der Waals surface area (Å²) in [7, 11) is 0. The average molecular weight is 380 g/mol.